The second-order valence-electron chi connectivity index (χ2n) is 9.11. The molecule has 2 aliphatic heterocycles. The molecule has 1 unspecified atom stereocenters. The Morgan fingerprint density at radius 2 is 2.03 bits per heavy atom. The summed E-state index contributed by atoms with van der Waals surface area (Å²) in [5, 5.41) is 0. The van der Waals surface area contributed by atoms with Gasteiger partial charge in [-0.2, -0.15) is 13.2 Å². The summed E-state index contributed by atoms with van der Waals surface area (Å²) in [5.74, 6) is -0.525. The van der Waals surface area contributed by atoms with Crippen LogP contribution in [0.25, 0.3) is 0 Å². The Labute approximate surface area is 177 Å². The number of pyridine rings is 1. The van der Waals surface area contributed by atoms with Crippen molar-refractivity contribution in [1.29, 1.82) is 0 Å². The predicted molar refractivity (Wildman–Crippen MR) is 101 cm³/mol. The van der Waals surface area contributed by atoms with Gasteiger partial charge in [-0.05, 0) is 25.8 Å². The molecule has 1 amide bonds. The van der Waals surface area contributed by atoms with Crippen molar-refractivity contribution in [2.45, 2.75) is 51.5 Å². The van der Waals surface area contributed by atoms with Gasteiger partial charge in [0.05, 0.1) is 24.1 Å². The number of halogens is 3. The number of amides is 1. The minimum Gasteiger partial charge on any atom is -0.475 e. The van der Waals surface area contributed by atoms with Crippen LogP contribution in [-0.4, -0.2) is 59.8 Å². The van der Waals surface area contributed by atoms with Crippen LogP contribution in [0.3, 0.4) is 0 Å². The molecule has 31 heavy (non-hydrogen) atoms. The minimum absolute atomic E-state index is 0.0238. The van der Waals surface area contributed by atoms with Gasteiger partial charge in [-0.15, -0.1) is 0 Å². The van der Waals surface area contributed by atoms with Gasteiger partial charge in [0.2, 0.25) is 5.88 Å². The number of alkyl halides is 3. The third-order valence-electron chi connectivity index (χ3n) is 7.34. The van der Waals surface area contributed by atoms with Crippen LogP contribution in [-0.2, 0) is 25.2 Å². The van der Waals surface area contributed by atoms with E-state index in [0.717, 1.165) is 12.1 Å². The average molecular weight is 442 g/mol. The Balaban J connectivity index is 1.40. The second kappa shape index (κ2) is 7.08. The lowest BCUT2D eigenvalue weighted by molar-refractivity contribution is -0.178. The van der Waals surface area contributed by atoms with E-state index in [1.54, 1.807) is 4.90 Å². The molecule has 2 saturated heterocycles. The van der Waals surface area contributed by atoms with Gasteiger partial charge >= 0.3 is 12.1 Å². The van der Waals surface area contributed by atoms with E-state index >= 15 is 0 Å². The molecule has 3 atom stereocenters. The van der Waals surface area contributed by atoms with Gasteiger partial charge in [-0.25, -0.2) is 4.98 Å². The second-order valence-corrected chi connectivity index (χ2v) is 9.11. The zero-order chi connectivity index (χ0) is 22.7. The van der Waals surface area contributed by atoms with E-state index in [-0.39, 0.29) is 37.5 Å². The van der Waals surface area contributed by atoms with Crippen LogP contribution in [0.15, 0.2) is 18.3 Å². The monoisotopic (exact) mass is 442 g/mol. The van der Waals surface area contributed by atoms with Crippen LogP contribution in [0.4, 0.5) is 13.2 Å². The molecule has 0 spiro atoms. The number of nitrogens with zero attached hydrogens (tertiary/aromatic N) is 2. The highest BCUT2D eigenvalue weighted by Crippen LogP contribution is 2.66. The third kappa shape index (κ3) is 3.26. The maximum atomic E-state index is 13.5. The lowest BCUT2D eigenvalue weighted by Crippen LogP contribution is -2.59. The molecule has 10 heteroatoms. The van der Waals surface area contributed by atoms with Crippen LogP contribution in [0.1, 0.15) is 39.2 Å². The van der Waals surface area contributed by atoms with Crippen LogP contribution in [0.5, 0.6) is 5.88 Å². The normalized spacial score (nSPS) is 32.1. The molecule has 3 aliphatic rings. The van der Waals surface area contributed by atoms with Gasteiger partial charge in [-0.1, -0.05) is 13.8 Å². The van der Waals surface area contributed by atoms with Crippen molar-refractivity contribution in [3.63, 3.8) is 0 Å². The van der Waals surface area contributed by atoms with Gasteiger partial charge in [0.15, 0.2) is 5.60 Å². The van der Waals surface area contributed by atoms with E-state index in [1.807, 2.05) is 20.8 Å². The fourth-order valence-corrected chi connectivity index (χ4v) is 4.79. The van der Waals surface area contributed by atoms with Crippen molar-refractivity contribution in [3.05, 3.63) is 23.9 Å². The molecule has 1 aromatic rings. The van der Waals surface area contributed by atoms with E-state index in [9.17, 15) is 22.8 Å². The van der Waals surface area contributed by atoms with E-state index in [2.05, 4.69) is 4.98 Å². The molecule has 3 heterocycles. The lowest BCUT2D eigenvalue weighted by atomic mass is 9.66. The summed E-state index contributed by atoms with van der Waals surface area (Å²) in [7, 11) is 0. The van der Waals surface area contributed by atoms with Crippen LogP contribution in [0, 0.1) is 10.8 Å². The fourth-order valence-electron chi connectivity index (χ4n) is 4.79. The van der Waals surface area contributed by atoms with Gasteiger partial charge in [0, 0.05) is 24.2 Å². The molecule has 0 aromatic carbocycles. The number of esters is 1. The number of carbonyl (C=O) groups excluding carboxylic acids is 2. The molecular formula is C21H25F3N2O5. The quantitative estimate of drug-likeness (QED) is 0.668. The summed E-state index contributed by atoms with van der Waals surface area (Å²) in [6.07, 6.45) is -3.16. The minimum atomic E-state index is -4.47. The zero-order valence-electron chi connectivity index (χ0n) is 17.6. The van der Waals surface area contributed by atoms with Gasteiger partial charge in [0.25, 0.3) is 5.91 Å². The summed E-state index contributed by atoms with van der Waals surface area (Å²) < 4.78 is 54.7. The summed E-state index contributed by atoms with van der Waals surface area (Å²) >= 11 is 0. The van der Waals surface area contributed by atoms with Crippen molar-refractivity contribution in [1.82, 2.24) is 9.88 Å². The lowest BCUT2D eigenvalue weighted by Gasteiger charge is -2.41. The van der Waals surface area contributed by atoms with Crippen molar-refractivity contribution in [3.8, 4) is 5.88 Å². The molecule has 1 aromatic heterocycles. The highest BCUT2D eigenvalue weighted by atomic mass is 19.4. The fraction of sp³-hybridized carbons (Fsp3) is 0.667. The van der Waals surface area contributed by atoms with Crippen molar-refractivity contribution in [2.24, 2.45) is 10.8 Å². The average Bonchev–Trinajstić information content (AvgIpc) is 3.02. The van der Waals surface area contributed by atoms with E-state index < -0.39 is 34.3 Å². The van der Waals surface area contributed by atoms with Gasteiger partial charge < -0.3 is 19.1 Å². The summed E-state index contributed by atoms with van der Waals surface area (Å²) in [4.78, 5) is 31.2. The molecule has 0 radical (unpaired) electrons. The van der Waals surface area contributed by atoms with Gasteiger partial charge in [0.1, 0.15) is 12.7 Å². The molecule has 170 valence electrons. The molecule has 0 N–H and O–H groups in total. The van der Waals surface area contributed by atoms with Crippen molar-refractivity contribution in [2.75, 3.05) is 26.3 Å². The molecule has 2 bridgehead atoms. The Kier molecular flexibility index (Phi) is 4.99. The van der Waals surface area contributed by atoms with Crippen molar-refractivity contribution >= 4 is 11.9 Å². The first-order valence-electron chi connectivity index (χ1n) is 10.2. The zero-order valence-corrected chi connectivity index (χ0v) is 17.6. The predicted octanol–water partition coefficient (Wildman–Crippen LogP) is 2.83. The topological polar surface area (TPSA) is 78.0 Å². The van der Waals surface area contributed by atoms with E-state index in [1.165, 1.54) is 0 Å². The summed E-state index contributed by atoms with van der Waals surface area (Å²) in [5.41, 5.74) is -3.37. The van der Waals surface area contributed by atoms with Crippen LogP contribution in [0.2, 0.25) is 0 Å². The highest BCUT2D eigenvalue weighted by molar-refractivity contribution is 5.96. The standard InChI is InChI=1S/C21H25F3N2O5/c1-18(2)19(3)6-7-20(18,31-17(19)28)16(27)26-8-9-29-14(11-26)12-30-15-5-4-13(10-25-15)21(22,23)24/h4-5,10,14H,6-9,11-12H2,1-3H3/t14?,19-,20+/m0/s1. The highest BCUT2D eigenvalue weighted by Gasteiger charge is 2.76. The number of carbonyl (C=O) groups is 2. The largest absolute Gasteiger partial charge is 0.475 e. The number of fused-ring (bicyclic) bond motifs is 2. The van der Waals surface area contributed by atoms with Crippen LogP contribution < -0.4 is 4.74 Å². The molecule has 4 rings (SSSR count). The number of rotatable bonds is 4. The molecular weight excluding hydrogens is 417 g/mol. The van der Waals surface area contributed by atoms with Crippen LogP contribution >= 0.6 is 0 Å². The summed E-state index contributed by atoms with van der Waals surface area (Å²) in [6, 6.07) is 2.04. The number of aromatic nitrogens is 1. The third-order valence-corrected chi connectivity index (χ3v) is 7.34. The first-order chi connectivity index (χ1) is 14.4. The smallest absolute Gasteiger partial charge is 0.417 e. The molecule has 1 aliphatic carbocycles. The maximum absolute atomic E-state index is 13.5. The molecule has 7 nitrogen and oxygen atoms in total. The van der Waals surface area contributed by atoms with Gasteiger partial charge in [-0.3, -0.25) is 9.59 Å². The first-order valence-corrected chi connectivity index (χ1v) is 10.2. The molecule has 3 fully saturated rings. The Morgan fingerprint density at radius 1 is 1.29 bits per heavy atom. The van der Waals surface area contributed by atoms with E-state index in [0.29, 0.717) is 25.6 Å². The number of ether oxygens (including phenoxy) is 3. The Morgan fingerprint density at radius 3 is 2.58 bits per heavy atom. The number of morpholine rings is 1. The van der Waals surface area contributed by atoms with E-state index in [4.69, 9.17) is 14.2 Å². The number of hydrogen-bond acceptors (Lipinski definition) is 6. The SMILES string of the molecule is CC1(C)[C@@]2(C)CC[C@]1(C(=O)N1CCOC(COc3ccc(C(F)(F)F)cn3)C1)OC2=O. The molecule has 1 saturated carbocycles. The maximum Gasteiger partial charge on any atom is 0.417 e. The number of hydrogen-bond donors (Lipinski definition) is 0. The van der Waals surface area contributed by atoms with Crippen molar-refractivity contribution < 1.29 is 37.0 Å². The Bertz CT molecular complexity index is 888. The summed E-state index contributed by atoms with van der Waals surface area (Å²) in [6.45, 7) is 6.55. The first kappa shape index (κ1) is 21.9. The Hall–Kier alpha value is -2.36.